The maximum atomic E-state index is 14.5. The van der Waals surface area contributed by atoms with E-state index in [1.165, 1.54) is 17.4 Å². The summed E-state index contributed by atoms with van der Waals surface area (Å²) < 4.78 is 14.5. The maximum absolute atomic E-state index is 14.5. The third kappa shape index (κ3) is 2.84. The SMILES string of the molecule is N#CC1(c2ccc(-c3ccc(C(O)c4nccs4)cc3)c(F)c2)CC1. The summed E-state index contributed by atoms with van der Waals surface area (Å²) in [5.41, 5.74) is 2.22. The number of nitrogens with zero attached hydrogens (tertiary/aromatic N) is 2. The van der Waals surface area contributed by atoms with Crippen LogP contribution in [0.4, 0.5) is 4.39 Å². The molecule has 3 aromatic rings. The number of aliphatic hydroxyl groups excluding tert-OH is 1. The van der Waals surface area contributed by atoms with E-state index in [-0.39, 0.29) is 5.82 Å². The molecule has 1 aromatic heterocycles. The maximum Gasteiger partial charge on any atom is 0.131 e. The van der Waals surface area contributed by atoms with Crippen LogP contribution in [-0.2, 0) is 5.41 Å². The largest absolute Gasteiger partial charge is 0.381 e. The van der Waals surface area contributed by atoms with Crippen molar-refractivity contribution < 1.29 is 9.50 Å². The number of thiazole rings is 1. The molecule has 1 aliphatic carbocycles. The van der Waals surface area contributed by atoms with Gasteiger partial charge in [0.05, 0.1) is 11.5 Å². The zero-order valence-corrected chi connectivity index (χ0v) is 14.1. The van der Waals surface area contributed by atoms with Gasteiger partial charge in [0, 0.05) is 17.1 Å². The van der Waals surface area contributed by atoms with Gasteiger partial charge in [-0.1, -0.05) is 36.4 Å². The number of aromatic nitrogens is 1. The lowest BCUT2D eigenvalue weighted by molar-refractivity contribution is 0.220. The number of hydrogen-bond donors (Lipinski definition) is 1. The second-order valence-corrected chi connectivity index (χ2v) is 7.21. The summed E-state index contributed by atoms with van der Waals surface area (Å²) in [4.78, 5) is 4.12. The zero-order valence-electron chi connectivity index (χ0n) is 13.3. The van der Waals surface area contributed by atoms with Gasteiger partial charge < -0.3 is 5.11 Å². The smallest absolute Gasteiger partial charge is 0.131 e. The van der Waals surface area contributed by atoms with Crippen LogP contribution < -0.4 is 0 Å². The van der Waals surface area contributed by atoms with Crippen LogP contribution in [0.15, 0.2) is 54.0 Å². The molecular formula is C20H15FN2OS. The number of rotatable bonds is 4. The molecule has 124 valence electrons. The Morgan fingerprint density at radius 1 is 1.20 bits per heavy atom. The first-order valence-corrected chi connectivity index (χ1v) is 8.90. The highest BCUT2D eigenvalue weighted by Gasteiger charge is 2.45. The van der Waals surface area contributed by atoms with Gasteiger partial charge in [-0.2, -0.15) is 5.26 Å². The molecule has 0 spiro atoms. The van der Waals surface area contributed by atoms with Crippen LogP contribution in [0.25, 0.3) is 11.1 Å². The Labute approximate surface area is 149 Å². The molecule has 1 atom stereocenters. The highest BCUT2D eigenvalue weighted by atomic mass is 32.1. The summed E-state index contributed by atoms with van der Waals surface area (Å²) in [6.45, 7) is 0. The molecule has 5 heteroatoms. The monoisotopic (exact) mass is 350 g/mol. The lowest BCUT2D eigenvalue weighted by Crippen LogP contribution is -2.03. The molecule has 1 saturated carbocycles. The Hall–Kier alpha value is -2.55. The topological polar surface area (TPSA) is 56.9 Å². The summed E-state index contributed by atoms with van der Waals surface area (Å²) in [5.74, 6) is -0.327. The number of hydrogen-bond acceptors (Lipinski definition) is 4. The first-order chi connectivity index (χ1) is 12.1. The van der Waals surface area contributed by atoms with Crippen molar-refractivity contribution in [3.63, 3.8) is 0 Å². The van der Waals surface area contributed by atoms with Gasteiger partial charge in [-0.05, 0) is 35.6 Å². The predicted molar refractivity (Wildman–Crippen MR) is 94.5 cm³/mol. The molecule has 2 aromatic carbocycles. The second kappa shape index (κ2) is 6.07. The standard InChI is InChI=1S/C20H15FN2OS/c21-17-11-15(20(12-22)7-8-20)5-6-16(17)13-1-3-14(4-2-13)18(24)19-23-9-10-25-19/h1-6,9-11,18,24H,7-8H2. The lowest BCUT2D eigenvalue weighted by Gasteiger charge is -2.11. The highest BCUT2D eigenvalue weighted by Crippen LogP contribution is 2.48. The molecule has 1 heterocycles. The van der Waals surface area contributed by atoms with Gasteiger partial charge in [0.25, 0.3) is 0 Å². The third-order valence-corrected chi connectivity index (χ3v) is 5.54. The Morgan fingerprint density at radius 2 is 1.96 bits per heavy atom. The van der Waals surface area contributed by atoms with Crippen LogP contribution >= 0.6 is 11.3 Å². The van der Waals surface area contributed by atoms with Crippen molar-refractivity contribution in [1.29, 1.82) is 5.26 Å². The van der Waals surface area contributed by atoms with E-state index in [0.717, 1.165) is 29.5 Å². The van der Waals surface area contributed by atoms with Crippen LogP contribution in [0, 0.1) is 17.1 Å². The van der Waals surface area contributed by atoms with Gasteiger partial charge in [-0.3, -0.25) is 0 Å². The molecule has 1 unspecified atom stereocenters. The first-order valence-electron chi connectivity index (χ1n) is 8.02. The van der Waals surface area contributed by atoms with Crippen molar-refractivity contribution >= 4 is 11.3 Å². The fourth-order valence-electron chi connectivity index (χ4n) is 2.99. The van der Waals surface area contributed by atoms with Crippen molar-refractivity contribution in [3.8, 4) is 17.2 Å². The normalized spacial score (nSPS) is 16.2. The van der Waals surface area contributed by atoms with Gasteiger partial charge in [-0.15, -0.1) is 11.3 Å². The Morgan fingerprint density at radius 3 is 2.52 bits per heavy atom. The van der Waals surface area contributed by atoms with Crippen molar-refractivity contribution in [3.05, 3.63) is 76.0 Å². The second-order valence-electron chi connectivity index (χ2n) is 6.28. The van der Waals surface area contributed by atoms with Crippen LogP contribution in [0.5, 0.6) is 0 Å². The minimum Gasteiger partial charge on any atom is -0.381 e. The molecule has 1 fully saturated rings. The molecule has 3 nitrogen and oxygen atoms in total. The van der Waals surface area contributed by atoms with Crippen LogP contribution in [0.2, 0.25) is 0 Å². The van der Waals surface area contributed by atoms with E-state index < -0.39 is 11.5 Å². The minimum absolute atomic E-state index is 0.327. The van der Waals surface area contributed by atoms with E-state index in [1.54, 1.807) is 36.5 Å². The fraction of sp³-hybridized carbons (Fsp3) is 0.200. The minimum atomic E-state index is -0.772. The van der Waals surface area contributed by atoms with Crippen molar-refractivity contribution in [2.75, 3.05) is 0 Å². The van der Waals surface area contributed by atoms with Crippen molar-refractivity contribution in [1.82, 2.24) is 4.98 Å². The van der Waals surface area contributed by atoms with E-state index in [0.29, 0.717) is 10.6 Å². The van der Waals surface area contributed by atoms with E-state index in [2.05, 4.69) is 11.1 Å². The van der Waals surface area contributed by atoms with Gasteiger partial charge in [0.1, 0.15) is 16.9 Å². The average Bonchev–Trinajstić information content (AvgIpc) is 3.26. The number of benzene rings is 2. The molecule has 4 rings (SSSR count). The van der Waals surface area contributed by atoms with Crippen molar-refractivity contribution in [2.45, 2.75) is 24.4 Å². The predicted octanol–water partition coefficient (Wildman–Crippen LogP) is 4.59. The first kappa shape index (κ1) is 15.9. The average molecular weight is 350 g/mol. The summed E-state index contributed by atoms with van der Waals surface area (Å²) in [6.07, 6.45) is 2.48. The molecule has 25 heavy (non-hydrogen) atoms. The van der Waals surface area contributed by atoms with E-state index in [4.69, 9.17) is 0 Å². The van der Waals surface area contributed by atoms with Crippen LogP contribution in [-0.4, -0.2) is 10.1 Å². The van der Waals surface area contributed by atoms with Crippen molar-refractivity contribution in [2.24, 2.45) is 0 Å². The van der Waals surface area contributed by atoms with Gasteiger partial charge in [-0.25, -0.2) is 9.37 Å². The Kier molecular flexibility index (Phi) is 3.87. The van der Waals surface area contributed by atoms with Crippen LogP contribution in [0.3, 0.4) is 0 Å². The van der Waals surface area contributed by atoms with Crippen LogP contribution in [0.1, 0.15) is 35.1 Å². The highest BCUT2D eigenvalue weighted by molar-refractivity contribution is 7.09. The molecule has 0 bridgehead atoms. The summed E-state index contributed by atoms with van der Waals surface area (Å²) in [6, 6.07) is 14.5. The molecule has 0 amide bonds. The van der Waals surface area contributed by atoms with E-state index in [9.17, 15) is 14.8 Å². The lowest BCUT2D eigenvalue weighted by atomic mass is 9.94. The number of nitriles is 1. The summed E-state index contributed by atoms with van der Waals surface area (Å²) in [5, 5.41) is 22.0. The Balaban J connectivity index is 1.61. The third-order valence-electron chi connectivity index (χ3n) is 4.71. The van der Waals surface area contributed by atoms with E-state index >= 15 is 0 Å². The summed E-state index contributed by atoms with van der Waals surface area (Å²) >= 11 is 1.39. The van der Waals surface area contributed by atoms with Gasteiger partial charge >= 0.3 is 0 Å². The van der Waals surface area contributed by atoms with E-state index in [1.807, 2.05) is 11.4 Å². The quantitative estimate of drug-likeness (QED) is 0.749. The van der Waals surface area contributed by atoms with Gasteiger partial charge in [0.15, 0.2) is 0 Å². The number of halogens is 1. The molecule has 0 aliphatic heterocycles. The molecule has 1 N–H and O–H groups in total. The zero-order chi connectivity index (χ0) is 17.4. The molecule has 0 radical (unpaired) electrons. The molecule has 0 saturated heterocycles. The summed E-state index contributed by atoms with van der Waals surface area (Å²) in [7, 11) is 0. The fourth-order valence-corrected chi connectivity index (χ4v) is 3.64. The van der Waals surface area contributed by atoms with Gasteiger partial charge in [0.2, 0.25) is 0 Å². The molecular weight excluding hydrogens is 335 g/mol. The number of aliphatic hydroxyl groups is 1. The Bertz CT molecular complexity index is 941. The molecule has 1 aliphatic rings.